The maximum Gasteiger partial charge on any atom is 0.337 e. The molecule has 0 atom stereocenters. The van der Waals surface area contributed by atoms with E-state index in [1.807, 2.05) is 0 Å². The first kappa shape index (κ1) is 11.0. The molecule has 15 heavy (non-hydrogen) atoms. The van der Waals surface area contributed by atoms with E-state index in [1.54, 1.807) is 6.07 Å². The summed E-state index contributed by atoms with van der Waals surface area (Å²) in [6.45, 7) is -0.429. The van der Waals surface area contributed by atoms with Gasteiger partial charge in [0.15, 0.2) is 0 Å². The summed E-state index contributed by atoms with van der Waals surface area (Å²) in [5.41, 5.74) is 0.251. The van der Waals surface area contributed by atoms with Gasteiger partial charge in [0.2, 0.25) is 0 Å². The van der Waals surface area contributed by atoms with Crippen molar-refractivity contribution in [2.75, 3.05) is 7.11 Å². The summed E-state index contributed by atoms with van der Waals surface area (Å²) in [6, 6.07) is 4.17. The Bertz CT molecular complexity index is 434. The third-order valence-electron chi connectivity index (χ3n) is 1.90. The second-order valence-electron chi connectivity index (χ2n) is 2.79. The summed E-state index contributed by atoms with van der Waals surface area (Å²) >= 11 is 0. The number of methoxy groups -OCH3 is 1. The Kier molecular flexibility index (Phi) is 3.26. The van der Waals surface area contributed by atoms with Crippen molar-refractivity contribution < 1.29 is 19.7 Å². The topological polar surface area (TPSA) is 90.5 Å². The van der Waals surface area contributed by atoms with Gasteiger partial charge in [-0.25, -0.2) is 4.79 Å². The van der Waals surface area contributed by atoms with E-state index in [-0.39, 0.29) is 22.4 Å². The lowest BCUT2D eigenvalue weighted by Gasteiger charge is -2.05. The van der Waals surface area contributed by atoms with Crippen LogP contribution in [0.3, 0.4) is 0 Å². The molecule has 1 aromatic carbocycles. The van der Waals surface area contributed by atoms with Crippen LogP contribution < -0.4 is 0 Å². The van der Waals surface area contributed by atoms with Crippen LogP contribution in [-0.2, 0) is 11.3 Å². The van der Waals surface area contributed by atoms with Crippen LogP contribution in [-0.4, -0.2) is 23.3 Å². The highest BCUT2D eigenvalue weighted by atomic mass is 16.5. The maximum atomic E-state index is 11.1. The predicted molar refractivity (Wildman–Crippen MR) is 50.1 cm³/mol. The fourth-order valence-corrected chi connectivity index (χ4v) is 1.17. The van der Waals surface area contributed by atoms with Gasteiger partial charge in [0.25, 0.3) is 0 Å². The van der Waals surface area contributed by atoms with E-state index >= 15 is 0 Å². The molecule has 5 nitrogen and oxygen atoms in total. The van der Waals surface area contributed by atoms with Crippen LogP contribution in [0.2, 0.25) is 0 Å². The number of hydrogen-bond donors (Lipinski definition) is 2. The van der Waals surface area contributed by atoms with Crippen molar-refractivity contribution in [1.29, 1.82) is 5.26 Å². The van der Waals surface area contributed by atoms with Crippen LogP contribution >= 0.6 is 0 Å². The zero-order valence-corrected chi connectivity index (χ0v) is 8.02. The molecule has 0 aliphatic carbocycles. The van der Waals surface area contributed by atoms with Crippen LogP contribution in [0, 0.1) is 11.3 Å². The second-order valence-corrected chi connectivity index (χ2v) is 2.79. The number of benzene rings is 1. The highest BCUT2D eigenvalue weighted by molar-refractivity contribution is 5.90. The smallest absolute Gasteiger partial charge is 0.337 e. The van der Waals surface area contributed by atoms with Crippen LogP contribution in [0.5, 0.6) is 5.75 Å². The fraction of sp³-hybridized carbons (Fsp3) is 0.200. The quantitative estimate of drug-likeness (QED) is 0.691. The van der Waals surface area contributed by atoms with Crippen molar-refractivity contribution in [1.82, 2.24) is 0 Å². The number of rotatable bonds is 2. The zero-order chi connectivity index (χ0) is 11.4. The normalized spacial score (nSPS) is 9.40. The van der Waals surface area contributed by atoms with Crippen molar-refractivity contribution in [3.8, 4) is 11.8 Å². The fourth-order valence-electron chi connectivity index (χ4n) is 1.17. The number of aromatic hydroxyl groups is 1. The van der Waals surface area contributed by atoms with Crippen LogP contribution in [0.1, 0.15) is 21.5 Å². The zero-order valence-electron chi connectivity index (χ0n) is 8.02. The number of carbonyl (C=O) groups excluding carboxylic acids is 1. The van der Waals surface area contributed by atoms with Crippen molar-refractivity contribution in [3.63, 3.8) is 0 Å². The van der Waals surface area contributed by atoms with Crippen LogP contribution in [0.15, 0.2) is 12.1 Å². The summed E-state index contributed by atoms with van der Waals surface area (Å²) in [6.07, 6.45) is 0. The van der Waals surface area contributed by atoms with E-state index in [1.165, 1.54) is 13.2 Å². The van der Waals surface area contributed by atoms with Gasteiger partial charge in [0.1, 0.15) is 11.8 Å². The lowest BCUT2D eigenvalue weighted by molar-refractivity contribution is 0.0600. The molecule has 0 spiro atoms. The van der Waals surface area contributed by atoms with Gasteiger partial charge >= 0.3 is 5.97 Å². The van der Waals surface area contributed by atoms with Gasteiger partial charge in [0, 0.05) is 0 Å². The number of carbonyl (C=O) groups is 1. The molecular formula is C10H9NO4. The van der Waals surface area contributed by atoms with Gasteiger partial charge in [-0.15, -0.1) is 0 Å². The Morgan fingerprint density at radius 3 is 2.73 bits per heavy atom. The number of phenols is 1. The molecule has 0 aromatic heterocycles. The lowest BCUT2D eigenvalue weighted by atomic mass is 10.0. The average Bonchev–Trinajstić information content (AvgIpc) is 2.26. The van der Waals surface area contributed by atoms with E-state index in [0.29, 0.717) is 0 Å². The molecule has 0 fully saturated rings. The molecule has 0 aliphatic rings. The minimum atomic E-state index is -0.635. The maximum absolute atomic E-state index is 11.1. The van der Waals surface area contributed by atoms with E-state index < -0.39 is 12.6 Å². The van der Waals surface area contributed by atoms with Gasteiger partial charge in [-0.2, -0.15) is 5.26 Å². The lowest BCUT2D eigenvalue weighted by Crippen LogP contribution is -2.03. The molecule has 0 saturated carbocycles. The SMILES string of the molecule is COC(=O)c1cc(O)c(C#N)c(CO)c1. The minimum Gasteiger partial charge on any atom is -0.507 e. The van der Waals surface area contributed by atoms with E-state index in [4.69, 9.17) is 10.4 Å². The number of aliphatic hydroxyl groups excluding tert-OH is 1. The monoisotopic (exact) mass is 207 g/mol. The predicted octanol–water partition coefficient (Wildman–Crippen LogP) is 0.543. The standard InChI is InChI=1S/C10H9NO4/c1-15-10(14)6-2-7(5-12)8(4-11)9(13)3-6/h2-3,12-13H,5H2,1H3. The molecule has 5 heteroatoms. The van der Waals surface area contributed by atoms with Crippen molar-refractivity contribution in [2.24, 2.45) is 0 Å². The summed E-state index contributed by atoms with van der Waals surface area (Å²) < 4.78 is 4.45. The Hall–Kier alpha value is -2.06. The van der Waals surface area contributed by atoms with E-state index in [0.717, 1.165) is 6.07 Å². The third-order valence-corrected chi connectivity index (χ3v) is 1.90. The van der Waals surface area contributed by atoms with Crippen LogP contribution in [0.4, 0.5) is 0 Å². The summed E-state index contributed by atoms with van der Waals surface area (Å²) in [5, 5.41) is 27.0. The number of esters is 1. The third kappa shape index (κ3) is 2.06. The minimum absolute atomic E-state index is 0.0369. The van der Waals surface area contributed by atoms with Gasteiger partial charge < -0.3 is 14.9 Å². The van der Waals surface area contributed by atoms with Gasteiger partial charge in [-0.1, -0.05) is 0 Å². The summed E-state index contributed by atoms with van der Waals surface area (Å²) in [5.74, 6) is -0.978. The van der Waals surface area contributed by atoms with E-state index in [2.05, 4.69) is 4.74 Å². The van der Waals surface area contributed by atoms with E-state index in [9.17, 15) is 9.90 Å². The Morgan fingerprint density at radius 2 is 2.27 bits per heavy atom. The number of nitrogens with zero attached hydrogens (tertiary/aromatic N) is 1. The molecule has 0 unspecified atom stereocenters. The first-order valence-electron chi connectivity index (χ1n) is 4.09. The van der Waals surface area contributed by atoms with Crippen molar-refractivity contribution in [3.05, 3.63) is 28.8 Å². The number of hydrogen-bond acceptors (Lipinski definition) is 5. The number of nitriles is 1. The molecule has 78 valence electrons. The van der Waals surface area contributed by atoms with Crippen molar-refractivity contribution in [2.45, 2.75) is 6.61 Å². The highest BCUT2D eigenvalue weighted by Gasteiger charge is 2.13. The molecule has 2 N–H and O–H groups in total. The number of ether oxygens (including phenoxy) is 1. The van der Waals surface area contributed by atoms with Gasteiger partial charge in [-0.05, 0) is 17.7 Å². The van der Waals surface area contributed by atoms with Crippen LogP contribution in [0.25, 0.3) is 0 Å². The summed E-state index contributed by atoms with van der Waals surface area (Å²) in [7, 11) is 1.20. The molecule has 1 aromatic rings. The Balaban J connectivity index is 3.33. The first-order valence-corrected chi connectivity index (χ1v) is 4.09. The molecule has 0 heterocycles. The molecular weight excluding hydrogens is 198 g/mol. The van der Waals surface area contributed by atoms with Gasteiger partial charge in [-0.3, -0.25) is 0 Å². The molecule has 1 rings (SSSR count). The molecule has 0 radical (unpaired) electrons. The largest absolute Gasteiger partial charge is 0.507 e. The van der Waals surface area contributed by atoms with Crippen molar-refractivity contribution >= 4 is 5.97 Å². The Morgan fingerprint density at radius 1 is 1.60 bits per heavy atom. The average molecular weight is 207 g/mol. The Labute approximate surface area is 86.1 Å². The molecule has 0 amide bonds. The van der Waals surface area contributed by atoms with Gasteiger partial charge in [0.05, 0.1) is 24.8 Å². The highest BCUT2D eigenvalue weighted by Crippen LogP contribution is 2.23. The summed E-state index contributed by atoms with van der Waals surface area (Å²) in [4.78, 5) is 11.1. The molecule has 0 aliphatic heterocycles. The number of aliphatic hydroxyl groups is 1. The first-order chi connectivity index (χ1) is 7.13. The number of phenolic OH excluding ortho intramolecular Hbond substituents is 1. The molecule has 0 saturated heterocycles. The second kappa shape index (κ2) is 4.44. The molecule has 0 bridgehead atoms.